The fraction of sp³-hybridized carbons (Fsp3) is 0.259. The maximum atomic E-state index is 13.7. The van der Waals surface area contributed by atoms with Gasteiger partial charge in [0.1, 0.15) is 6.04 Å². The number of amides is 2. The number of aliphatic hydroxyl groups is 1. The highest BCUT2D eigenvalue weighted by Gasteiger charge is 2.31. The van der Waals surface area contributed by atoms with Gasteiger partial charge in [0, 0.05) is 13.1 Å². The van der Waals surface area contributed by atoms with Crippen molar-refractivity contribution in [2.45, 2.75) is 19.0 Å². The number of nitrogens with zero attached hydrogens (tertiary/aromatic N) is 1. The van der Waals surface area contributed by atoms with Crippen molar-refractivity contribution < 1.29 is 24.2 Å². The fourth-order valence-corrected chi connectivity index (χ4v) is 3.75. The van der Waals surface area contributed by atoms with E-state index in [2.05, 4.69) is 5.32 Å². The van der Waals surface area contributed by atoms with Crippen LogP contribution in [0, 0.1) is 0 Å². The van der Waals surface area contributed by atoms with Gasteiger partial charge in [-0.1, -0.05) is 66.7 Å². The summed E-state index contributed by atoms with van der Waals surface area (Å²) in [6.07, 6.45) is 0.0732. The zero-order chi connectivity index (χ0) is 24.3. The molecule has 0 fully saturated rings. The van der Waals surface area contributed by atoms with Gasteiger partial charge in [-0.3, -0.25) is 9.59 Å². The van der Waals surface area contributed by atoms with Gasteiger partial charge in [0.15, 0.2) is 11.5 Å². The SMILES string of the molecule is COc1ccc(CC(=O)N(Cc2ccccc2)[C@H](C(=O)NCCO)c2ccccc2)cc1OC. The predicted octanol–water partition coefficient (Wildman–Crippen LogP) is 3.12. The minimum Gasteiger partial charge on any atom is -0.493 e. The largest absolute Gasteiger partial charge is 0.493 e. The lowest BCUT2D eigenvalue weighted by atomic mass is 10.0. The number of carbonyl (C=O) groups is 2. The van der Waals surface area contributed by atoms with Gasteiger partial charge in [0.05, 0.1) is 27.2 Å². The number of carbonyl (C=O) groups excluding carboxylic acids is 2. The molecular formula is C27H30N2O5. The molecule has 3 aromatic rings. The topological polar surface area (TPSA) is 88.1 Å². The smallest absolute Gasteiger partial charge is 0.247 e. The van der Waals surface area contributed by atoms with Crippen molar-refractivity contribution in [3.63, 3.8) is 0 Å². The quantitative estimate of drug-likeness (QED) is 0.457. The Labute approximate surface area is 199 Å². The molecule has 0 radical (unpaired) electrons. The van der Waals surface area contributed by atoms with Gasteiger partial charge in [0.25, 0.3) is 0 Å². The molecule has 0 bridgehead atoms. The summed E-state index contributed by atoms with van der Waals surface area (Å²) in [4.78, 5) is 28.5. The van der Waals surface area contributed by atoms with Crippen LogP contribution in [0.2, 0.25) is 0 Å². The maximum Gasteiger partial charge on any atom is 0.247 e. The standard InChI is InChI=1S/C27H30N2O5/c1-33-23-14-13-21(17-24(23)34-2)18-25(31)29(19-20-9-5-3-6-10-20)26(27(32)28-15-16-30)22-11-7-4-8-12-22/h3-14,17,26,30H,15-16,18-19H2,1-2H3,(H,28,32)/t26-/m0/s1. The molecule has 0 saturated heterocycles. The van der Waals surface area contributed by atoms with E-state index in [9.17, 15) is 14.7 Å². The Morgan fingerprint density at radius 1 is 0.882 bits per heavy atom. The van der Waals surface area contributed by atoms with Gasteiger partial charge in [-0.05, 0) is 28.8 Å². The second kappa shape index (κ2) is 12.4. The van der Waals surface area contributed by atoms with Crippen molar-refractivity contribution in [2.24, 2.45) is 0 Å². The van der Waals surface area contributed by atoms with Crippen molar-refractivity contribution in [3.8, 4) is 11.5 Å². The summed E-state index contributed by atoms with van der Waals surface area (Å²) in [7, 11) is 3.10. The lowest BCUT2D eigenvalue weighted by molar-refractivity contribution is -0.141. The van der Waals surface area contributed by atoms with E-state index in [-0.39, 0.29) is 37.9 Å². The molecular weight excluding hydrogens is 432 g/mol. The first kappa shape index (κ1) is 24.8. The Balaban J connectivity index is 1.98. The van der Waals surface area contributed by atoms with Crippen molar-refractivity contribution in [3.05, 3.63) is 95.6 Å². The highest BCUT2D eigenvalue weighted by Crippen LogP contribution is 2.29. The first-order valence-electron chi connectivity index (χ1n) is 11.0. The van der Waals surface area contributed by atoms with Crippen LogP contribution in [0.4, 0.5) is 0 Å². The van der Waals surface area contributed by atoms with Gasteiger partial charge in [0.2, 0.25) is 11.8 Å². The molecule has 0 aromatic heterocycles. The Morgan fingerprint density at radius 2 is 1.53 bits per heavy atom. The van der Waals surface area contributed by atoms with Crippen molar-refractivity contribution in [1.29, 1.82) is 0 Å². The van der Waals surface area contributed by atoms with E-state index in [0.29, 0.717) is 17.1 Å². The molecule has 0 spiro atoms. The molecule has 2 amide bonds. The molecule has 0 aliphatic heterocycles. The maximum absolute atomic E-state index is 13.7. The molecule has 0 saturated carbocycles. The number of hydrogen-bond donors (Lipinski definition) is 2. The highest BCUT2D eigenvalue weighted by molar-refractivity contribution is 5.89. The number of methoxy groups -OCH3 is 2. The summed E-state index contributed by atoms with van der Waals surface area (Å²) < 4.78 is 10.7. The van der Waals surface area contributed by atoms with Crippen LogP contribution in [0.1, 0.15) is 22.7 Å². The number of ether oxygens (including phenoxy) is 2. The van der Waals surface area contributed by atoms with Crippen LogP contribution in [-0.2, 0) is 22.6 Å². The summed E-state index contributed by atoms with van der Waals surface area (Å²) in [5.41, 5.74) is 2.33. The first-order chi connectivity index (χ1) is 16.6. The highest BCUT2D eigenvalue weighted by atomic mass is 16.5. The summed E-state index contributed by atoms with van der Waals surface area (Å²) in [6, 6.07) is 23.2. The van der Waals surface area contributed by atoms with Gasteiger partial charge >= 0.3 is 0 Å². The van der Waals surface area contributed by atoms with Crippen molar-refractivity contribution >= 4 is 11.8 Å². The van der Waals surface area contributed by atoms with E-state index in [1.54, 1.807) is 31.3 Å². The number of nitrogens with one attached hydrogen (secondary N) is 1. The molecule has 0 aliphatic carbocycles. The fourth-order valence-electron chi connectivity index (χ4n) is 3.75. The molecule has 34 heavy (non-hydrogen) atoms. The van der Waals surface area contributed by atoms with E-state index in [4.69, 9.17) is 9.47 Å². The summed E-state index contributed by atoms with van der Waals surface area (Å²) in [6.45, 7) is 0.163. The van der Waals surface area contributed by atoms with E-state index < -0.39 is 6.04 Å². The van der Waals surface area contributed by atoms with Crippen molar-refractivity contribution in [2.75, 3.05) is 27.4 Å². The van der Waals surface area contributed by atoms with Gasteiger partial charge in [-0.25, -0.2) is 0 Å². The number of hydrogen-bond acceptors (Lipinski definition) is 5. The van der Waals surface area contributed by atoms with E-state index in [0.717, 1.165) is 11.1 Å². The zero-order valence-electron chi connectivity index (χ0n) is 19.4. The van der Waals surface area contributed by atoms with Crippen LogP contribution >= 0.6 is 0 Å². The Kier molecular flexibility index (Phi) is 9.05. The van der Waals surface area contributed by atoms with Gasteiger partial charge < -0.3 is 24.8 Å². The van der Waals surface area contributed by atoms with Crippen LogP contribution in [0.3, 0.4) is 0 Å². The average molecular weight is 463 g/mol. The second-order valence-electron chi connectivity index (χ2n) is 7.70. The molecule has 1 atom stereocenters. The number of benzene rings is 3. The predicted molar refractivity (Wildman–Crippen MR) is 130 cm³/mol. The minimum absolute atomic E-state index is 0.0732. The Hall–Kier alpha value is -3.84. The van der Waals surface area contributed by atoms with Crippen LogP contribution in [0.15, 0.2) is 78.9 Å². The molecule has 0 heterocycles. The molecule has 2 N–H and O–H groups in total. The van der Waals surface area contributed by atoms with E-state index in [1.165, 1.54) is 0 Å². The summed E-state index contributed by atoms with van der Waals surface area (Å²) in [5, 5.41) is 11.9. The normalized spacial score (nSPS) is 11.4. The third kappa shape index (κ3) is 6.36. The third-order valence-electron chi connectivity index (χ3n) is 5.41. The van der Waals surface area contributed by atoms with E-state index in [1.807, 2.05) is 66.7 Å². The molecule has 7 nitrogen and oxygen atoms in total. The molecule has 3 aromatic carbocycles. The van der Waals surface area contributed by atoms with Crippen molar-refractivity contribution in [1.82, 2.24) is 10.2 Å². The van der Waals surface area contributed by atoms with E-state index >= 15 is 0 Å². The first-order valence-corrected chi connectivity index (χ1v) is 11.0. The zero-order valence-corrected chi connectivity index (χ0v) is 19.4. The van der Waals surface area contributed by atoms with Crippen LogP contribution in [0.5, 0.6) is 11.5 Å². The second-order valence-corrected chi connectivity index (χ2v) is 7.70. The number of aliphatic hydroxyl groups excluding tert-OH is 1. The summed E-state index contributed by atoms with van der Waals surface area (Å²) in [5.74, 6) is 0.536. The van der Waals surface area contributed by atoms with Gasteiger partial charge in [-0.2, -0.15) is 0 Å². The molecule has 0 unspecified atom stereocenters. The average Bonchev–Trinajstić information content (AvgIpc) is 2.88. The molecule has 178 valence electrons. The minimum atomic E-state index is -0.861. The van der Waals surface area contributed by atoms with Crippen LogP contribution in [0.25, 0.3) is 0 Å². The molecule has 3 rings (SSSR count). The van der Waals surface area contributed by atoms with Crippen LogP contribution < -0.4 is 14.8 Å². The number of rotatable bonds is 11. The van der Waals surface area contributed by atoms with Crippen LogP contribution in [-0.4, -0.2) is 49.2 Å². The lowest BCUT2D eigenvalue weighted by Gasteiger charge is -2.32. The van der Waals surface area contributed by atoms with Gasteiger partial charge in [-0.15, -0.1) is 0 Å². The molecule has 0 aliphatic rings. The monoisotopic (exact) mass is 462 g/mol. The third-order valence-corrected chi connectivity index (χ3v) is 5.41. The Bertz CT molecular complexity index is 1070. The molecule has 7 heteroatoms. The lowest BCUT2D eigenvalue weighted by Crippen LogP contribution is -2.44. The Morgan fingerprint density at radius 3 is 2.15 bits per heavy atom. The summed E-state index contributed by atoms with van der Waals surface area (Å²) >= 11 is 0.